The van der Waals surface area contributed by atoms with E-state index < -0.39 is 8.07 Å². The largest absolute Gasteiger partial charge is 0.142 e. The van der Waals surface area contributed by atoms with Crippen LogP contribution in [0.15, 0.2) is 70.4 Å². The van der Waals surface area contributed by atoms with Crippen molar-refractivity contribution in [2.75, 3.05) is 0 Å². The molecule has 2 aromatic rings. The maximum Gasteiger partial charge on any atom is 0.142 e. The van der Waals surface area contributed by atoms with Crippen LogP contribution in [0.25, 0.3) is 0 Å². The van der Waals surface area contributed by atoms with E-state index in [0.29, 0.717) is 5.92 Å². The minimum Gasteiger partial charge on any atom is -0.0636 e. The molecule has 0 aromatic heterocycles. The molecular weight excluding hydrogens is 316 g/mol. The van der Waals surface area contributed by atoms with Gasteiger partial charge in [0.1, 0.15) is 8.07 Å². The van der Waals surface area contributed by atoms with Crippen molar-refractivity contribution in [2.45, 2.75) is 48.1 Å². The third-order valence-electron chi connectivity index (χ3n) is 6.67. The molecule has 2 unspecified atom stereocenters. The lowest BCUT2D eigenvalue weighted by atomic mass is 10.1. The van der Waals surface area contributed by atoms with E-state index in [1.807, 2.05) is 0 Å². The first-order valence-electron chi connectivity index (χ1n) is 9.31. The van der Waals surface area contributed by atoms with Crippen molar-refractivity contribution in [3.63, 3.8) is 0 Å². The number of rotatable bonds is 3. The molecule has 130 valence electrons. The van der Waals surface area contributed by atoms with E-state index in [1.54, 1.807) is 16.0 Å². The normalized spacial score (nSPS) is 20.2. The van der Waals surface area contributed by atoms with Gasteiger partial charge in [0.25, 0.3) is 0 Å². The number of aryl methyl sites for hydroxylation is 1. The molecule has 0 heterocycles. The Bertz CT molecular complexity index is 870. The Labute approximate surface area is 154 Å². The lowest BCUT2D eigenvalue weighted by Crippen LogP contribution is -2.59. The molecule has 1 aliphatic carbocycles. The van der Waals surface area contributed by atoms with Gasteiger partial charge in [-0.05, 0) is 67.6 Å². The fourth-order valence-corrected chi connectivity index (χ4v) is 9.86. The van der Waals surface area contributed by atoms with Crippen LogP contribution in [0.1, 0.15) is 38.8 Å². The van der Waals surface area contributed by atoms with Gasteiger partial charge in [-0.25, -0.2) is 0 Å². The molecule has 1 aliphatic rings. The number of hydrogen-bond acceptors (Lipinski definition) is 0. The molecule has 0 saturated heterocycles. The molecule has 0 amide bonds. The van der Waals surface area contributed by atoms with Crippen molar-refractivity contribution < 1.29 is 0 Å². The van der Waals surface area contributed by atoms with Gasteiger partial charge in [-0.1, -0.05) is 78.3 Å². The second kappa shape index (κ2) is 6.46. The highest BCUT2D eigenvalue weighted by Crippen LogP contribution is 2.41. The van der Waals surface area contributed by atoms with Crippen LogP contribution in [0.3, 0.4) is 0 Å². The average molecular weight is 347 g/mol. The maximum atomic E-state index is 2.56. The fraction of sp³-hybridized carbons (Fsp3) is 0.333. The smallest absolute Gasteiger partial charge is 0.0636 e. The average Bonchev–Trinajstić information content (AvgIpc) is 2.81. The molecule has 0 bridgehead atoms. The quantitative estimate of drug-likeness (QED) is 0.658. The number of benzene rings is 2. The second-order valence-corrected chi connectivity index (χ2v) is 11.7. The number of hydrogen-bond donors (Lipinski definition) is 0. The van der Waals surface area contributed by atoms with E-state index in [0.717, 1.165) is 0 Å². The highest BCUT2D eigenvalue weighted by molar-refractivity contribution is 7.07. The summed E-state index contributed by atoms with van der Waals surface area (Å²) in [6.07, 6.45) is 0. The molecule has 0 spiro atoms. The van der Waals surface area contributed by atoms with Crippen LogP contribution in [0.2, 0.25) is 6.55 Å². The molecule has 1 heteroatoms. The standard InChI is InChI=1S/C24H30Si/c1-16-12-11-15-23(17(16)2)25(7,22-13-9-8-10-14-22)24-20(5)18(3)19(4)21(24)6/h8-15,20H,1-7H3. The van der Waals surface area contributed by atoms with Crippen molar-refractivity contribution in [3.8, 4) is 0 Å². The van der Waals surface area contributed by atoms with E-state index >= 15 is 0 Å². The van der Waals surface area contributed by atoms with Gasteiger partial charge in [0.15, 0.2) is 0 Å². The Morgan fingerprint density at radius 1 is 0.760 bits per heavy atom. The molecule has 2 aromatic carbocycles. The highest BCUT2D eigenvalue weighted by atomic mass is 28.3. The third kappa shape index (κ3) is 2.66. The van der Waals surface area contributed by atoms with Crippen LogP contribution in [0.4, 0.5) is 0 Å². The Balaban J connectivity index is 2.35. The van der Waals surface area contributed by atoms with Gasteiger partial charge in [-0.15, -0.1) is 0 Å². The molecule has 0 N–H and O–H groups in total. The monoisotopic (exact) mass is 346 g/mol. The summed E-state index contributed by atoms with van der Waals surface area (Å²) >= 11 is 0. The van der Waals surface area contributed by atoms with Crippen LogP contribution in [-0.4, -0.2) is 8.07 Å². The van der Waals surface area contributed by atoms with Crippen molar-refractivity contribution in [1.29, 1.82) is 0 Å². The molecule has 2 atom stereocenters. The molecule has 25 heavy (non-hydrogen) atoms. The summed E-state index contributed by atoms with van der Waals surface area (Å²) < 4.78 is 0. The topological polar surface area (TPSA) is 0 Å². The highest BCUT2D eigenvalue weighted by Gasteiger charge is 2.43. The zero-order valence-corrected chi connectivity index (χ0v) is 17.7. The van der Waals surface area contributed by atoms with Gasteiger partial charge < -0.3 is 0 Å². The van der Waals surface area contributed by atoms with Crippen molar-refractivity contribution in [3.05, 3.63) is 81.6 Å². The van der Waals surface area contributed by atoms with Crippen LogP contribution in [0, 0.1) is 19.8 Å². The first-order chi connectivity index (χ1) is 11.8. The van der Waals surface area contributed by atoms with Crippen LogP contribution < -0.4 is 10.4 Å². The summed E-state index contributed by atoms with van der Waals surface area (Å²) in [4.78, 5) is 0. The van der Waals surface area contributed by atoms with Crippen molar-refractivity contribution >= 4 is 18.4 Å². The Morgan fingerprint density at radius 2 is 1.40 bits per heavy atom. The van der Waals surface area contributed by atoms with E-state index in [-0.39, 0.29) is 0 Å². The van der Waals surface area contributed by atoms with E-state index in [1.165, 1.54) is 27.5 Å². The van der Waals surface area contributed by atoms with Gasteiger partial charge in [-0.2, -0.15) is 0 Å². The summed E-state index contributed by atoms with van der Waals surface area (Å²) in [5.74, 6) is 0.539. The summed E-state index contributed by atoms with van der Waals surface area (Å²) in [6, 6.07) is 18.1. The molecule has 0 radical (unpaired) electrons. The van der Waals surface area contributed by atoms with Crippen LogP contribution in [-0.2, 0) is 0 Å². The fourth-order valence-electron chi connectivity index (χ4n) is 4.69. The van der Waals surface area contributed by atoms with E-state index in [2.05, 4.69) is 96.6 Å². The lowest BCUT2D eigenvalue weighted by molar-refractivity contribution is 0.850. The van der Waals surface area contributed by atoms with E-state index in [9.17, 15) is 0 Å². The van der Waals surface area contributed by atoms with Gasteiger partial charge in [0.2, 0.25) is 0 Å². The lowest BCUT2D eigenvalue weighted by Gasteiger charge is -2.36. The van der Waals surface area contributed by atoms with Crippen molar-refractivity contribution in [1.82, 2.24) is 0 Å². The summed E-state index contributed by atoms with van der Waals surface area (Å²) in [7, 11) is -2.02. The van der Waals surface area contributed by atoms with Crippen molar-refractivity contribution in [2.24, 2.45) is 5.92 Å². The van der Waals surface area contributed by atoms with Crippen LogP contribution >= 0.6 is 0 Å². The first-order valence-corrected chi connectivity index (χ1v) is 11.8. The summed E-state index contributed by atoms with van der Waals surface area (Å²) in [6.45, 7) is 16.5. The summed E-state index contributed by atoms with van der Waals surface area (Å²) in [5, 5.41) is 4.79. The Kier molecular flexibility index (Phi) is 4.63. The van der Waals surface area contributed by atoms with Gasteiger partial charge in [-0.3, -0.25) is 0 Å². The van der Waals surface area contributed by atoms with Gasteiger partial charge in [0.05, 0.1) is 0 Å². The SMILES string of the molecule is CC1=C(C)C(C)C([Si](C)(c2ccccc2)c2cccc(C)c2C)=C1C. The molecule has 0 nitrogen and oxygen atoms in total. The molecule has 0 fully saturated rings. The molecule has 0 saturated carbocycles. The first kappa shape index (κ1) is 17.9. The zero-order chi connectivity index (χ0) is 18.4. The summed E-state index contributed by atoms with van der Waals surface area (Å²) in [5.41, 5.74) is 7.45. The Hall–Kier alpha value is -1.86. The third-order valence-corrected chi connectivity index (χ3v) is 11.7. The molecular formula is C24H30Si. The van der Waals surface area contributed by atoms with E-state index in [4.69, 9.17) is 0 Å². The molecule has 3 rings (SSSR count). The van der Waals surface area contributed by atoms with Crippen LogP contribution in [0.5, 0.6) is 0 Å². The minimum atomic E-state index is -2.02. The predicted octanol–water partition coefficient (Wildman–Crippen LogP) is 5.34. The second-order valence-electron chi connectivity index (χ2n) is 7.81. The minimum absolute atomic E-state index is 0.539. The predicted molar refractivity (Wildman–Crippen MR) is 113 cm³/mol. The van der Waals surface area contributed by atoms with Gasteiger partial charge >= 0.3 is 0 Å². The number of allylic oxidation sites excluding steroid dienone is 4. The molecule has 0 aliphatic heterocycles. The maximum absolute atomic E-state index is 2.56. The Morgan fingerprint density at radius 3 is 1.96 bits per heavy atom. The van der Waals surface area contributed by atoms with Gasteiger partial charge in [0, 0.05) is 0 Å². The zero-order valence-electron chi connectivity index (χ0n) is 16.7.